The zero-order valence-electron chi connectivity index (χ0n) is 12.6. The van der Waals surface area contributed by atoms with E-state index in [1.54, 1.807) is 12.0 Å². The maximum Gasteiger partial charge on any atom is 0.264 e. The normalized spacial score (nSPS) is 13.4. The smallest absolute Gasteiger partial charge is 0.264 e. The van der Waals surface area contributed by atoms with Crippen molar-refractivity contribution in [2.75, 3.05) is 25.2 Å². The molecule has 0 bridgehead atoms. The van der Waals surface area contributed by atoms with Crippen LogP contribution in [0.1, 0.15) is 12.0 Å². The summed E-state index contributed by atoms with van der Waals surface area (Å²) in [6.45, 7) is 0.762. The average molecular weight is 297 g/mol. The van der Waals surface area contributed by atoms with E-state index in [0.29, 0.717) is 5.75 Å². The Morgan fingerprint density at radius 3 is 2.73 bits per heavy atom. The Balaban J connectivity index is 1.74. The molecule has 0 N–H and O–H groups in total. The molecular weight excluding hydrogens is 278 g/mol. The molecule has 1 aliphatic heterocycles. The molecule has 0 saturated heterocycles. The first kappa shape index (κ1) is 14.4. The minimum absolute atomic E-state index is 0.0296. The van der Waals surface area contributed by atoms with Crippen molar-refractivity contribution >= 4 is 11.6 Å². The summed E-state index contributed by atoms with van der Waals surface area (Å²) in [6, 6.07) is 15.3. The quantitative estimate of drug-likeness (QED) is 0.870. The van der Waals surface area contributed by atoms with Crippen LogP contribution in [0.3, 0.4) is 0 Å². The van der Waals surface area contributed by atoms with Gasteiger partial charge in [0.15, 0.2) is 6.61 Å². The molecule has 1 heterocycles. The zero-order valence-corrected chi connectivity index (χ0v) is 12.6. The first-order valence-corrected chi connectivity index (χ1v) is 7.43. The number of anilines is 1. The summed E-state index contributed by atoms with van der Waals surface area (Å²) in [6.07, 6.45) is 1.96. The number of para-hydroxylation sites is 1. The molecule has 2 aromatic carbocycles. The van der Waals surface area contributed by atoms with Crippen molar-refractivity contribution in [1.82, 2.24) is 0 Å². The van der Waals surface area contributed by atoms with E-state index in [1.807, 2.05) is 48.5 Å². The third-order valence-corrected chi connectivity index (χ3v) is 3.82. The van der Waals surface area contributed by atoms with Gasteiger partial charge in [-0.2, -0.15) is 0 Å². The molecule has 4 heteroatoms. The van der Waals surface area contributed by atoms with Gasteiger partial charge in [0.05, 0.1) is 12.8 Å². The number of nitrogens with zero attached hydrogens (tertiary/aromatic N) is 1. The highest BCUT2D eigenvalue weighted by atomic mass is 16.5. The minimum atomic E-state index is -0.0296. The van der Waals surface area contributed by atoms with E-state index in [9.17, 15) is 4.79 Å². The predicted octanol–water partition coefficient (Wildman–Crippen LogP) is 3.05. The fraction of sp³-hybridized carbons (Fsp3) is 0.278. The Kier molecular flexibility index (Phi) is 4.28. The van der Waals surface area contributed by atoms with Crippen LogP contribution in [0.4, 0.5) is 5.69 Å². The van der Waals surface area contributed by atoms with Crippen molar-refractivity contribution in [2.24, 2.45) is 0 Å². The molecule has 114 valence electrons. The van der Waals surface area contributed by atoms with Gasteiger partial charge in [0, 0.05) is 12.6 Å². The van der Waals surface area contributed by atoms with Crippen LogP contribution in [-0.4, -0.2) is 26.2 Å². The highest BCUT2D eigenvalue weighted by Crippen LogP contribution is 2.31. The van der Waals surface area contributed by atoms with E-state index >= 15 is 0 Å². The molecule has 0 aromatic heterocycles. The molecule has 0 unspecified atom stereocenters. The highest BCUT2D eigenvalue weighted by Gasteiger charge is 2.23. The molecule has 0 spiro atoms. The number of hydrogen-bond donors (Lipinski definition) is 0. The van der Waals surface area contributed by atoms with Crippen LogP contribution in [-0.2, 0) is 11.2 Å². The Morgan fingerprint density at radius 1 is 1.14 bits per heavy atom. The zero-order chi connectivity index (χ0) is 15.4. The van der Waals surface area contributed by atoms with Crippen molar-refractivity contribution < 1.29 is 14.3 Å². The maximum atomic E-state index is 12.5. The van der Waals surface area contributed by atoms with Gasteiger partial charge in [0.1, 0.15) is 11.5 Å². The van der Waals surface area contributed by atoms with Gasteiger partial charge in [-0.3, -0.25) is 4.79 Å². The minimum Gasteiger partial charge on any atom is -0.497 e. The van der Waals surface area contributed by atoms with Crippen LogP contribution >= 0.6 is 0 Å². The van der Waals surface area contributed by atoms with Crippen LogP contribution in [0, 0.1) is 0 Å². The third-order valence-electron chi connectivity index (χ3n) is 3.82. The Labute approximate surface area is 130 Å². The van der Waals surface area contributed by atoms with Gasteiger partial charge in [-0.15, -0.1) is 0 Å². The lowest BCUT2D eigenvalue weighted by Crippen LogP contribution is -2.38. The Bertz CT molecular complexity index is 655. The summed E-state index contributed by atoms with van der Waals surface area (Å²) in [4.78, 5) is 14.3. The molecule has 4 nitrogen and oxygen atoms in total. The summed E-state index contributed by atoms with van der Waals surface area (Å²) in [5.74, 6) is 1.44. The summed E-state index contributed by atoms with van der Waals surface area (Å²) in [5.41, 5.74) is 2.12. The molecule has 0 aliphatic carbocycles. The monoisotopic (exact) mass is 297 g/mol. The van der Waals surface area contributed by atoms with Gasteiger partial charge < -0.3 is 14.4 Å². The lowest BCUT2D eigenvalue weighted by molar-refractivity contribution is -0.120. The van der Waals surface area contributed by atoms with Crippen LogP contribution < -0.4 is 14.4 Å². The summed E-state index contributed by atoms with van der Waals surface area (Å²) in [7, 11) is 1.63. The lowest BCUT2D eigenvalue weighted by atomic mass is 10.0. The van der Waals surface area contributed by atoms with Gasteiger partial charge >= 0.3 is 0 Å². The SMILES string of the molecule is COc1ccc2c(c1)N(C(=O)COc1ccccc1)CCC2. The number of carbonyl (C=O) groups excluding carboxylic acids is 1. The number of benzene rings is 2. The fourth-order valence-corrected chi connectivity index (χ4v) is 2.68. The first-order chi connectivity index (χ1) is 10.8. The number of hydrogen-bond acceptors (Lipinski definition) is 3. The number of amides is 1. The standard InChI is InChI=1S/C18H19NO3/c1-21-16-10-9-14-6-5-11-19(17(14)12-16)18(20)13-22-15-7-3-2-4-8-15/h2-4,7-10,12H,5-6,11,13H2,1H3. The molecule has 0 radical (unpaired) electrons. The van der Waals surface area contributed by atoms with E-state index in [2.05, 4.69) is 0 Å². The average Bonchev–Trinajstić information content (AvgIpc) is 2.59. The van der Waals surface area contributed by atoms with Crippen molar-refractivity contribution in [3.63, 3.8) is 0 Å². The van der Waals surface area contributed by atoms with E-state index in [0.717, 1.165) is 30.8 Å². The van der Waals surface area contributed by atoms with Gasteiger partial charge in [0.25, 0.3) is 5.91 Å². The van der Waals surface area contributed by atoms with E-state index in [1.165, 1.54) is 5.56 Å². The Morgan fingerprint density at radius 2 is 1.95 bits per heavy atom. The Hall–Kier alpha value is -2.49. The number of ether oxygens (including phenoxy) is 2. The van der Waals surface area contributed by atoms with Crippen LogP contribution in [0.2, 0.25) is 0 Å². The lowest BCUT2D eigenvalue weighted by Gasteiger charge is -2.29. The van der Waals surface area contributed by atoms with Gasteiger partial charge in [0.2, 0.25) is 0 Å². The second kappa shape index (κ2) is 6.52. The number of aryl methyl sites for hydroxylation is 1. The van der Waals surface area contributed by atoms with Gasteiger partial charge in [-0.05, 0) is 36.6 Å². The predicted molar refractivity (Wildman–Crippen MR) is 85.6 cm³/mol. The summed E-state index contributed by atoms with van der Waals surface area (Å²) in [5, 5.41) is 0. The molecule has 2 aromatic rings. The van der Waals surface area contributed by atoms with Crippen molar-refractivity contribution in [3.05, 3.63) is 54.1 Å². The number of carbonyl (C=O) groups is 1. The molecule has 1 amide bonds. The molecular formula is C18H19NO3. The molecule has 3 rings (SSSR count). The molecule has 0 saturated carbocycles. The number of methoxy groups -OCH3 is 1. The van der Waals surface area contributed by atoms with Crippen molar-refractivity contribution in [1.29, 1.82) is 0 Å². The van der Waals surface area contributed by atoms with Crippen LogP contribution in [0.15, 0.2) is 48.5 Å². The van der Waals surface area contributed by atoms with Gasteiger partial charge in [-0.1, -0.05) is 24.3 Å². The molecule has 22 heavy (non-hydrogen) atoms. The maximum absolute atomic E-state index is 12.5. The number of fused-ring (bicyclic) bond motifs is 1. The third kappa shape index (κ3) is 3.06. The van der Waals surface area contributed by atoms with Gasteiger partial charge in [-0.25, -0.2) is 0 Å². The first-order valence-electron chi connectivity index (χ1n) is 7.43. The second-order valence-electron chi connectivity index (χ2n) is 5.25. The molecule has 0 atom stereocenters. The topological polar surface area (TPSA) is 38.8 Å². The van der Waals surface area contributed by atoms with E-state index in [4.69, 9.17) is 9.47 Å². The summed E-state index contributed by atoms with van der Waals surface area (Å²) < 4.78 is 10.8. The van der Waals surface area contributed by atoms with Crippen LogP contribution in [0.25, 0.3) is 0 Å². The van der Waals surface area contributed by atoms with Crippen molar-refractivity contribution in [2.45, 2.75) is 12.8 Å². The fourth-order valence-electron chi connectivity index (χ4n) is 2.68. The molecule has 1 aliphatic rings. The van der Waals surface area contributed by atoms with E-state index < -0.39 is 0 Å². The summed E-state index contributed by atoms with van der Waals surface area (Å²) >= 11 is 0. The molecule has 0 fully saturated rings. The van der Waals surface area contributed by atoms with Crippen LogP contribution in [0.5, 0.6) is 11.5 Å². The highest BCUT2D eigenvalue weighted by molar-refractivity contribution is 5.95. The largest absolute Gasteiger partial charge is 0.497 e. The van der Waals surface area contributed by atoms with E-state index in [-0.39, 0.29) is 12.5 Å². The number of rotatable bonds is 4. The van der Waals surface area contributed by atoms with Crippen molar-refractivity contribution in [3.8, 4) is 11.5 Å². The second-order valence-corrected chi connectivity index (χ2v) is 5.25.